The molecule has 0 atom stereocenters. The van der Waals surface area contributed by atoms with Crippen molar-refractivity contribution < 1.29 is 8.42 Å². The molecule has 0 unspecified atom stereocenters. The molecule has 0 N–H and O–H groups in total. The lowest BCUT2D eigenvalue weighted by atomic mass is 10.2. The van der Waals surface area contributed by atoms with Crippen molar-refractivity contribution in [3.05, 3.63) is 24.3 Å². The van der Waals surface area contributed by atoms with Crippen molar-refractivity contribution >= 4 is 15.2 Å². The molecule has 0 saturated heterocycles. The van der Waals surface area contributed by atoms with E-state index in [1.54, 1.807) is 18.2 Å². The molecule has 0 amide bonds. The first kappa shape index (κ1) is 6.29. The highest BCUT2D eigenvalue weighted by atomic mass is 32.2. The molecule has 47 valence electrons. The first-order valence-electron chi connectivity index (χ1n) is 2.50. The Balaban J connectivity index is 3.05. The lowest BCUT2D eigenvalue weighted by Crippen LogP contribution is -1.94. The topological polar surface area (TPSA) is 34.1 Å². The summed E-state index contributed by atoms with van der Waals surface area (Å²) in [5.41, 5.74) is 0. The van der Waals surface area contributed by atoms with Crippen LogP contribution < -0.4 is 0 Å². The third-order valence-electron chi connectivity index (χ3n) is 1.00. The lowest BCUT2D eigenvalue weighted by molar-refractivity contribution is 0.627. The van der Waals surface area contributed by atoms with Crippen LogP contribution in [0.1, 0.15) is 6.42 Å². The first-order valence-corrected chi connectivity index (χ1v) is 3.57. The third-order valence-corrected chi connectivity index (χ3v) is 1.73. The van der Waals surface area contributed by atoms with E-state index in [0.29, 0.717) is 11.3 Å². The Bertz CT molecular complexity index is 272. The SMILES string of the molecule is O=S(=O)=C1C=C[C]=CC1. The predicted molar refractivity (Wildman–Crippen MR) is 35.5 cm³/mol. The second-order valence-corrected chi connectivity index (χ2v) is 2.60. The van der Waals surface area contributed by atoms with Crippen molar-refractivity contribution in [1.82, 2.24) is 0 Å². The van der Waals surface area contributed by atoms with E-state index in [1.807, 2.05) is 0 Å². The molecular weight excluding hydrogens is 136 g/mol. The van der Waals surface area contributed by atoms with Gasteiger partial charge in [0.25, 0.3) is 0 Å². The van der Waals surface area contributed by atoms with Crippen LogP contribution in [0.15, 0.2) is 18.2 Å². The highest BCUT2D eigenvalue weighted by Gasteiger charge is 1.94. The van der Waals surface area contributed by atoms with Crippen molar-refractivity contribution in [3.8, 4) is 0 Å². The van der Waals surface area contributed by atoms with Gasteiger partial charge in [-0.15, -0.1) is 0 Å². The van der Waals surface area contributed by atoms with Gasteiger partial charge < -0.3 is 0 Å². The molecule has 0 spiro atoms. The van der Waals surface area contributed by atoms with E-state index in [0.717, 1.165) is 0 Å². The molecule has 3 heteroatoms. The maximum absolute atomic E-state index is 10.2. The largest absolute Gasteiger partial charge is 0.217 e. The monoisotopic (exact) mass is 141 g/mol. The van der Waals surface area contributed by atoms with Crippen LogP contribution in [0, 0.1) is 6.08 Å². The summed E-state index contributed by atoms with van der Waals surface area (Å²) in [4.78, 5) is 0.425. The van der Waals surface area contributed by atoms with Crippen LogP contribution in [0.25, 0.3) is 0 Å². The molecule has 0 aromatic rings. The molecule has 0 aliphatic heterocycles. The normalized spacial score (nSPS) is 16.2. The molecule has 0 fully saturated rings. The number of hydrogen-bond donors (Lipinski definition) is 0. The quantitative estimate of drug-likeness (QED) is 0.456. The molecule has 2 nitrogen and oxygen atoms in total. The van der Waals surface area contributed by atoms with Gasteiger partial charge in [0.05, 0.1) is 4.86 Å². The fraction of sp³-hybridized carbons (Fsp3) is 0.167. The summed E-state index contributed by atoms with van der Waals surface area (Å²) in [5.74, 6) is 0. The van der Waals surface area contributed by atoms with Gasteiger partial charge in [-0.2, -0.15) is 8.42 Å². The van der Waals surface area contributed by atoms with Gasteiger partial charge in [0.1, 0.15) is 0 Å². The lowest BCUT2D eigenvalue weighted by Gasteiger charge is -1.91. The van der Waals surface area contributed by atoms with E-state index in [1.165, 1.54) is 0 Å². The van der Waals surface area contributed by atoms with Gasteiger partial charge in [-0.05, 0) is 12.2 Å². The van der Waals surface area contributed by atoms with Crippen LogP contribution in [0.3, 0.4) is 0 Å². The number of hydrogen-bond acceptors (Lipinski definition) is 2. The number of allylic oxidation sites excluding steroid dienone is 4. The first-order chi connectivity index (χ1) is 4.30. The van der Waals surface area contributed by atoms with Crippen LogP contribution in [-0.2, 0) is 10.3 Å². The van der Waals surface area contributed by atoms with Gasteiger partial charge in [-0.3, -0.25) is 0 Å². The minimum atomic E-state index is -2.04. The minimum Gasteiger partial charge on any atom is -0.184 e. The van der Waals surface area contributed by atoms with E-state index < -0.39 is 10.3 Å². The summed E-state index contributed by atoms with van der Waals surface area (Å²) in [7, 11) is -2.04. The van der Waals surface area contributed by atoms with Gasteiger partial charge in [0.15, 0.2) is 0 Å². The standard InChI is InChI=1S/C6H5O2S/c7-9(8)6-4-2-1-3-5-6/h2-4H,5H2. The van der Waals surface area contributed by atoms with Crippen molar-refractivity contribution in [3.63, 3.8) is 0 Å². The second kappa shape index (κ2) is 2.64. The van der Waals surface area contributed by atoms with E-state index in [2.05, 4.69) is 6.08 Å². The van der Waals surface area contributed by atoms with Gasteiger partial charge in [0.2, 0.25) is 10.3 Å². The van der Waals surface area contributed by atoms with Crippen LogP contribution >= 0.6 is 0 Å². The van der Waals surface area contributed by atoms with E-state index in [4.69, 9.17) is 0 Å². The summed E-state index contributed by atoms with van der Waals surface area (Å²) in [6.07, 6.45) is 8.07. The molecule has 1 rings (SSSR count). The van der Waals surface area contributed by atoms with Crippen molar-refractivity contribution in [2.24, 2.45) is 0 Å². The molecule has 0 aromatic carbocycles. The highest BCUT2D eigenvalue weighted by Crippen LogP contribution is 1.95. The summed E-state index contributed by atoms with van der Waals surface area (Å²) in [6.45, 7) is 0. The molecule has 0 heterocycles. The Hall–Kier alpha value is -0.830. The Morgan fingerprint density at radius 2 is 2.33 bits per heavy atom. The molecular formula is C6H5O2S. The van der Waals surface area contributed by atoms with Crippen molar-refractivity contribution in [1.29, 1.82) is 0 Å². The average Bonchev–Trinajstić information content (AvgIpc) is 1.90. The van der Waals surface area contributed by atoms with Gasteiger partial charge in [-0.25, -0.2) is 0 Å². The summed E-state index contributed by atoms with van der Waals surface area (Å²) < 4.78 is 20.4. The zero-order valence-corrected chi connectivity index (χ0v) is 5.48. The van der Waals surface area contributed by atoms with E-state index >= 15 is 0 Å². The highest BCUT2D eigenvalue weighted by molar-refractivity contribution is 7.73. The summed E-state index contributed by atoms with van der Waals surface area (Å²) in [5, 5.41) is 0. The summed E-state index contributed by atoms with van der Waals surface area (Å²) >= 11 is 0. The Kier molecular flexibility index (Phi) is 1.85. The average molecular weight is 141 g/mol. The third kappa shape index (κ3) is 1.54. The Labute approximate surface area is 55.0 Å². The molecule has 1 aliphatic rings. The maximum Gasteiger partial charge on any atom is 0.217 e. The molecule has 9 heavy (non-hydrogen) atoms. The molecule has 0 bridgehead atoms. The van der Waals surface area contributed by atoms with Crippen molar-refractivity contribution in [2.75, 3.05) is 0 Å². The Morgan fingerprint density at radius 1 is 1.56 bits per heavy atom. The fourth-order valence-corrected chi connectivity index (χ4v) is 0.959. The molecule has 1 radical (unpaired) electrons. The molecule has 0 saturated carbocycles. The van der Waals surface area contributed by atoms with Crippen LogP contribution in [0.4, 0.5) is 0 Å². The van der Waals surface area contributed by atoms with Crippen LogP contribution in [-0.4, -0.2) is 13.3 Å². The smallest absolute Gasteiger partial charge is 0.184 e. The number of rotatable bonds is 0. The zero-order valence-electron chi connectivity index (χ0n) is 4.66. The van der Waals surface area contributed by atoms with Crippen LogP contribution in [0.2, 0.25) is 0 Å². The summed E-state index contributed by atoms with van der Waals surface area (Å²) in [6, 6.07) is 0. The fourth-order valence-electron chi connectivity index (χ4n) is 0.560. The van der Waals surface area contributed by atoms with Gasteiger partial charge in [0, 0.05) is 6.42 Å². The maximum atomic E-state index is 10.2. The van der Waals surface area contributed by atoms with E-state index in [-0.39, 0.29) is 0 Å². The Morgan fingerprint density at radius 3 is 2.67 bits per heavy atom. The minimum absolute atomic E-state index is 0.425. The molecule has 1 aliphatic carbocycles. The second-order valence-electron chi connectivity index (χ2n) is 1.61. The zero-order chi connectivity index (χ0) is 6.69. The van der Waals surface area contributed by atoms with E-state index in [9.17, 15) is 8.42 Å². The van der Waals surface area contributed by atoms with Gasteiger partial charge in [-0.1, -0.05) is 12.2 Å². The van der Waals surface area contributed by atoms with Crippen molar-refractivity contribution in [2.45, 2.75) is 6.42 Å². The predicted octanol–water partition coefficient (Wildman–Crippen LogP) is 0.357. The van der Waals surface area contributed by atoms with Gasteiger partial charge >= 0.3 is 0 Å². The van der Waals surface area contributed by atoms with Crippen LogP contribution in [0.5, 0.6) is 0 Å². The molecule has 0 aromatic heterocycles.